The summed E-state index contributed by atoms with van der Waals surface area (Å²) in [5.74, 6) is -0.314. The number of hydrogen-bond acceptors (Lipinski definition) is 5. The van der Waals surface area contributed by atoms with Crippen LogP contribution in [0.5, 0.6) is 0 Å². The highest BCUT2D eigenvalue weighted by Gasteiger charge is 2.11. The first kappa shape index (κ1) is 14.6. The molecule has 1 aromatic carbocycles. The molecule has 0 saturated heterocycles. The highest BCUT2D eigenvalue weighted by Crippen LogP contribution is 2.29. The summed E-state index contributed by atoms with van der Waals surface area (Å²) in [6.45, 7) is 2.00. The predicted octanol–water partition coefficient (Wildman–Crippen LogP) is 4.23. The fraction of sp³-hybridized carbons (Fsp3) is 0.0588. The summed E-state index contributed by atoms with van der Waals surface area (Å²) in [7, 11) is 0. The molecule has 0 radical (unpaired) electrons. The normalized spacial score (nSPS) is 11.1. The molecule has 0 bridgehead atoms. The number of pyridine rings is 1. The Morgan fingerprint density at radius 3 is 3.00 bits per heavy atom. The van der Waals surface area contributed by atoms with E-state index in [4.69, 9.17) is 5.73 Å². The number of nitrogens with zero attached hydrogens (tertiary/aromatic N) is 3. The van der Waals surface area contributed by atoms with Crippen molar-refractivity contribution in [3.8, 4) is 11.4 Å². The Bertz CT molecular complexity index is 1040. The number of halogens is 1. The molecule has 24 heavy (non-hydrogen) atoms. The summed E-state index contributed by atoms with van der Waals surface area (Å²) in [5, 5.41) is 5.93. The number of imidazole rings is 1. The third-order valence-electron chi connectivity index (χ3n) is 3.74. The Morgan fingerprint density at radius 1 is 1.25 bits per heavy atom. The lowest BCUT2D eigenvalue weighted by molar-refractivity contribution is 0.619. The lowest BCUT2D eigenvalue weighted by atomic mass is 10.2. The molecule has 3 heterocycles. The number of nitrogens with two attached hydrogens (primary N) is 1. The summed E-state index contributed by atoms with van der Waals surface area (Å²) in [5.41, 5.74) is 10.7. The van der Waals surface area contributed by atoms with Gasteiger partial charge in [0, 0.05) is 23.0 Å². The van der Waals surface area contributed by atoms with Gasteiger partial charge in [-0.15, -0.1) is 11.3 Å². The van der Waals surface area contributed by atoms with Gasteiger partial charge in [0.15, 0.2) is 5.13 Å². The first-order valence-corrected chi connectivity index (χ1v) is 8.20. The van der Waals surface area contributed by atoms with Gasteiger partial charge < -0.3 is 11.1 Å². The monoisotopic (exact) mass is 339 g/mol. The number of rotatable bonds is 3. The smallest absolute Gasteiger partial charge is 0.187 e. The van der Waals surface area contributed by atoms with Gasteiger partial charge in [-0.25, -0.2) is 14.4 Å². The summed E-state index contributed by atoms with van der Waals surface area (Å²) in [4.78, 5) is 8.86. The fourth-order valence-corrected chi connectivity index (χ4v) is 3.20. The molecule has 0 aliphatic carbocycles. The average molecular weight is 339 g/mol. The van der Waals surface area contributed by atoms with E-state index in [0.29, 0.717) is 11.3 Å². The minimum absolute atomic E-state index is 0.314. The molecule has 0 spiro atoms. The van der Waals surface area contributed by atoms with Crippen LogP contribution in [0.2, 0.25) is 0 Å². The highest BCUT2D eigenvalue weighted by molar-refractivity contribution is 7.14. The molecule has 0 fully saturated rings. The van der Waals surface area contributed by atoms with Crippen molar-refractivity contribution >= 4 is 33.5 Å². The van der Waals surface area contributed by atoms with Crippen molar-refractivity contribution in [2.75, 3.05) is 11.1 Å². The van der Waals surface area contributed by atoms with Crippen LogP contribution in [0.25, 0.3) is 17.0 Å². The minimum Gasteiger partial charge on any atom is -0.399 e. The topological polar surface area (TPSA) is 68.2 Å². The molecule has 0 unspecified atom stereocenters. The minimum atomic E-state index is -0.314. The second-order valence-corrected chi connectivity index (χ2v) is 6.31. The number of benzene rings is 1. The summed E-state index contributed by atoms with van der Waals surface area (Å²) in [6.07, 6.45) is 3.10. The van der Waals surface area contributed by atoms with Crippen LogP contribution in [0.4, 0.5) is 20.9 Å². The van der Waals surface area contributed by atoms with Crippen LogP contribution in [-0.4, -0.2) is 14.4 Å². The number of nitrogen functional groups attached to an aromatic ring is 1. The number of hydrogen-bond donors (Lipinski definition) is 2. The fourth-order valence-electron chi connectivity index (χ4n) is 2.48. The molecule has 7 heteroatoms. The van der Waals surface area contributed by atoms with Crippen LogP contribution < -0.4 is 11.1 Å². The van der Waals surface area contributed by atoms with Crippen LogP contribution >= 0.6 is 11.3 Å². The van der Waals surface area contributed by atoms with Crippen molar-refractivity contribution in [1.29, 1.82) is 0 Å². The van der Waals surface area contributed by atoms with Crippen LogP contribution in [-0.2, 0) is 0 Å². The molecule has 0 aliphatic heterocycles. The van der Waals surface area contributed by atoms with Crippen molar-refractivity contribution in [2.45, 2.75) is 6.92 Å². The maximum absolute atomic E-state index is 13.5. The molecule has 0 aliphatic rings. The zero-order valence-electron chi connectivity index (χ0n) is 12.8. The molecular weight excluding hydrogens is 325 g/mol. The number of fused-ring (bicyclic) bond motifs is 1. The Hall–Kier alpha value is -2.93. The molecule has 3 N–H and O–H groups in total. The molecule has 0 atom stereocenters. The van der Waals surface area contributed by atoms with Crippen LogP contribution in [0.3, 0.4) is 0 Å². The van der Waals surface area contributed by atoms with Crippen molar-refractivity contribution < 1.29 is 4.39 Å². The second kappa shape index (κ2) is 5.61. The maximum atomic E-state index is 13.5. The second-order valence-electron chi connectivity index (χ2n) is 5.46. The lowest BCUT2D eigenvalue weighted by Gasteiger charge is -2.07. The van der Waals surface area contributed by atoms with Crippen molar-refractivity contribution in [3.63, 3.8) is 0 Å². The SMILES string of the molecule is Cc1ccc(N)cc1Nc1nc(-c2cnc3ccc(F)cn23)cs1. The average Bonchev–Trinajstić information content (AvgIpc) is 3.17. The Balaban J connectivity index is 1.69. The lowest BCUT2D eigenvalue weighted by Crippen LogP contribution is -1.95. The van der Waals surface area contributed by atoms with Gasteiger partial charge in [-0.05, 0) is 36.8 Å². The first-order valence-electron chi connectivity index (χ1n) is 7.32. The number of aryl methyl sites for hydroxylation is 1. The Kier molecular flexibility index (Phi) is 3.42. The van der Waals surface area contributed by atoms with Crippen LogP contribution in [0.1, 0.15) is 5.56 Å². The Labute approximate surface area is 141 Å². The third-order valence-corrected chi connectivity index (χ3v) is 4.50. The predicted molar refractivity (Wildman–Crippen MR) is 95.1 cm³/mol. The first-order chi connectivity index (χ1) is 11.6. The Morgan fingerprint density at radius 2 is 2.12 bits per heavy atom. The standard InChI is InChI=1S/C17H14FN5S/c1-10-2-4-12(19)6-13(10)21-17-22-14(9-24-17)15-7-20-16-5-3-11(18)8-23(15)16/h2-9H,19H2,1H3,(H,21,22). The van der Waals surface area contributed by atoms with E-state index in [1.165, 1.54) is 23.6 Å². The molecular formula is C17H14FN5S. The van der Waals surface area contributed by atoms with Gasteiger partial charge in [0.05, 0.1) is 11.9 Å². The largest absolute Gasteiger partial charge is 0.399 e. The van der Waals surface area contributed by atoms with Crippen molar-refractivity contribution in [2.24, 2.45) is 0 Å². The third kappa shape index (κ3) is 2.59. The molecule has 4 aromatic rings. The van der Waals surface area contributed by atoms with E-state index >= 15 is 0 Å². The molecule has 5 nitrogen and oxygen atoms in total. The summed E-state index contributed by atoms with van der Waals surface area (Å²) >= 11 is 1.47. The number of thiazole rings is 1. The van der Waals surface area contributed by atoms with E-state index in [2.05, 4.69) is 15.3 Å². The quantitative estimate of drug-likeness (QED) is 0.548. The van der Waals surface area contributed by atoms with E-state index in [-0.39, 0.29) is 5.82 Å². The highest BCUT2D eigenvalue weighted by atomic mass is 32.1. The van der Waals surface area contributed by atoms with E-state index in [9.17, 15) is 4.39 Å². The van der Waals surface area contributed by atoms with Gasteiger partial charge in [-0.2, -0.15) is 0 Å². The molecule has 3 aromatic heterocycles. The molecule has 0 saturated carbocycles. The van der Waals surface area contributed by atoms with Crippen molar-refractivity contribution in [1.82, 2.24) is 14.4 Å². The van der Waals surface area contributed by atoms with E-state index in [1.54, 1.807) is 16.7 Å². The van der Waals surface area contributed by atoms with Gasteiger partial charge >= 0.3 is 0 Å². The van der Waals surface area contributed by atoms with E-state index in [1.807, 2.05) is 30.5 Å². The zero-order chi connectivity index (χ0) is 16.7. The maximum Gasteiger partial charge on any atom is 0.187 e. The number of anilines is 3. The van der Waals surface area contributed by atoms with E-state index < -0.39 is 0 Å². The summed E-state index contributed by atoms with van der Waals surface area (Å²) in [6, 6.07) is 8.73. The van der Waals surface area contributed by atoms with Gasteiger partial charge in [-0.3, -0.25) is 4.40 Å². The van der Waals surface area contributed by atoms with Gasteiger partial charge in [-0.1, -0.05) is 6.07 Å². The van der Waals surface area contributed by atoms with Gasteiger partial charge in [0.2, 0.25) is 0 Å². The molecule has 4 rings (SSSR count). The molecule has 0 amide bonds. The number of nitrogens with one attached hydrogen (secondary N) is 1. The van der Waals surface area contributed by atoms with Gasteiger partial charge in [0.1, 0.15) is 17.2 Å². The van der Waals surface area contributed by atoms with Crippen molar-refractivity contribution in [3.05, 3.63) is 59.5 Å². The van der Waals surface area contributed by atoms with E-state index in [0.717, 1.165) is 27.8 Å². The summed E-state index contributed by atoms with van der Waals surface area (Å²) < 4.78 is 15.2. The van der Waals surface area contributed by atoms with Crippen LogP contribution in [0.15, 0.2) is 48.1 Å². The van der Waals surface area contributed by atoms with Crippen LogP contribution in [0, 0.1) is 12.7 Å². The zero-order valence-corrected chi connectivity index (χ0v) is 13.6. The van der Waals surface area contributed by atoms with Gasteiger partial charge in [0.25, 0.3) is 0 Å². The molecule has 120 valence electrons. The number of aromatic nitrogens is 3.